The van der Waals surface area contributed by atoms with Gasteiger partial charge in [-0.2, -0.15) is 0 Å². The number of hydrogen-bond acceptors (Lipinski definition) is 3. The summed E-state index contributed by atoms with van der Waals surface area (Å²) in [4.78, 5) is 2.36. The van der Waals surface area contributed by atoms with E-state index in [-0.39, 0.29) is 0 Å². The van der Waals surface area contributed by atoms with E-state index in [1.54, 1.807) is 0 Å². The molecule has 0 amide bonds. The lowest BCUT2D eigenvalue weighted by Crippen LogP contribution is -2.31. The second-order valence-electron chi connectivity index (χ2n) is 4.56. The molecular formula is C14H13NO2. The Morgan fingerprint density at radius 3 is 3.24 bits per heavy atom. The van der Waals surface area contributed by atoms with Crippen LogP contribution in [0.15, 0.2) is 58.7 Å². The molecule has 3 aliphatic heterocycles. The first kappa shape index (κ1) is 9.16. The van der Waals surface area contributed by atoms with Crippen molar-refractivity contribution in [3.05, 3.63) is 58.7 Å². The number of allylic oxidation sites excluding steroid dienone is 4. The molecule has 0 bridgehead atoms. The van der Waals surface area contributed by atoms with Crippen molar-refractivity contribution in [2.75, 3.05) is 19.9 Å². The fourth-order valence-electron chi connectivity index (χ4n) is 2.70. The lowest BCUT2D eigenvalue weighted by Gasteiger charge is -2.34. The highest BCUT2D eigenvalue weighted by Gasteiger charge is 2.31. The van der Waals surface area contributed by atoms with Crippen LogP contribution in [0, 0.1) is 0 Å². The number of rotatable bonds is 0. The maximum atomic E-state index is 5.59. The molecule has 3 heteroatoms. The molecule has 0 aromatic heterocycles. The van der Waals surface area contributed by atoms with Gasteiger partial charge in [-0.05, 0) is 30.2 Å². The first-order valence-corrected chi connectivity index (χ1v) is 5.94. The maximum absolute atomic E-state index is 5.59. The molecule has 0 N–H and O–H groups in total. The number of hydrogen-bond donors (Lipinski definition) is 0. The molecular weight excluding hydrogens is 214 g/mol. The Bertz CT molecular complexity index is 534. The molecule has 0 spiro atoms. The van der Waals surface area contributed by atoms with Gasteiger partial charge in [0, 0.05) is 24.4 Å². The van der Waals surface area contributed by atoms with Crippen LogP contribution >= 0.6 is 0 Å². The molecule has 3 nitrogen and oxygen atoms in total. The first-order valence-electron chi connectivity index (χ1n) is 5.94. The number of nitrogens with zero attached hydrogens (tertiary/aromatic N) is 1. The molecule has 4 aliphatic rings. The highest BCUT2D eigenvalue weighted by molar-refractivity contribution is 5.52. The summed E-state index contributed by atoms with van der Waals surface area (Å²) >= 11 is 0. The Morgan fingerprint density at radius 1 is 1.24 bits per heavy atom. The van der Waals surface area contributed by atoms with E-state index in [1.807, 2.05) is 0 Å². The average Bonchev–Trinajstić information content (AvgIpc) is 2.85. The zero-order valence-corrected chi connectivity index (χ0v) is 9.48. The third kappa shape index (κ3) is 1.28. The molecule has 1 fully saturated rings. The van der Waals surface area contributed by atoms with Crippen molar-refractivity contribution in [1.29, 1.82) is 0 Å². The van der Waals surface area contributed by atoms with Crippen LogP contribution < -0.4 is 0 Å². The fourth-order valence-corrected chi connectivity index (χ4v) is 2.70. The van der Waals surface area contributed by atoms with E-state index in [9.17, 15) is 0 Å². The average molecular weight is 227 g/mol. The van der Waals surface area contributed by atoms with Crippen LogP contribution in [-0.2, 0) is 9.47 Å². The molecule has 0 unspecified atom stereocenters. The molecule has 3 heterocycles. The zero-order valence-electron chi connectivity index (χ0n) is 9.48. The van der Waals surface area contributed by atoms with Gasteiger partial charge in [-0.1, -0.05) is 12.2 Å². The summed E-state index contributed by atoms with van der Waals surface area (Å²) in [5.74, 6) is 1.88. The van der Waals surface area contributed by atoms with E-state index >= 15 is 0 Å². The second-order valence-corrected chi connectivity index (χ2v) is 4.56. The smallest absolute Gasteiger partial charge is 0.231 e. The van der Waals surface area contributed by atoms with Gasteiger partial charge in [-0.3, -0.25) is 0 Å². The molecule has 1 saturated heterocycles. The lowest BCUT2D eigenvalue weighted by molar-refractivity contribution is 0.0970. The van der Waals surface area contributed by atoms with Crippen molar-refractivity contribution in [2.45, 2.75) is 6.42 Å². The van der Waals surface area contributed by atoms with Crippen LogP contribution in [-0.4, -0.2) is 24.8 Å². The molecule has 1 aliphatic carbocycles. The van der Waals surface area contributed by atoms with E-state index < -0.39 is 0 Å². The van der Waals surface area contributed by atoms with Gasteiger partial charge in [-0.15, -0.1) is 0 Å². The normalized spacial score (nSPS) is 24.9. The maximum Gasteiger partial charge on any atom is 0.231 e. The second kappa shape index (κ2) is 3.29. The Balaban J connectivity index is 1.83. The van der Waals surface area contributed by atoms with Gasteiger partial charge in [0.25, 0.3) is 0 Å². The minimum Gasteiger partial charge on any atom is -0.454 e. The fraction of sp³-hybridized carbons (Fsp3) is 0.286. The summed E-state index contributed by atoms with van der Waals surface area (Å²) < 4.78 is 11.0. The quantitative estimate of drug-likeness (QED) is 0.633. The Labute approximate surface area is 100.0 Å². The third-order valence-corrected chi connectivity index (χ3v) is 3.58. The molecule has 0 aromatic rings. The van der Waals surface area contributed by atoms with Crippen LogP contribution in [0.25, 0.3) is 0 Å². The van der Waals surface area contributed by atoms with Crippen LogP contribution in [0.3, 0.4) is 0 Å². The summed E-state index contributed by atoms with van der Waals surface area (Å²) in [5, 5.41) is 0. The highest BCUT2D eigenvalue weighted by atomic mass is 16.7. The molecule has 0 radical (unpaired) electrons. The van der Waals surface area contributed by atoms with Gasteiger partial charge in [0.1, 0.15) is 0 Å². The summed E-state index contributed by atoms with van der Waals surface area (Å²) in [6, 6.07) is 0. The molecule has 0 aromatic carbocycles. The Morgan fingerprint density at radius 2 is 2.24 bits per heavy atom. The van der Waals surface area contributed by atoms with E-state index in [0.717, 1.165) is 31.0 Å². The van der Waals surface area contributed by atoms with Crippen molar-refractivity contribution in [3.8, 4) is 0 Å². The zero-order chi connectivity index (χ0) is 11.2. The van der Waals surface area contributed by atoms with E-state index in [4.69, 9.17) is 9.47 Å². The molecule has 4 rings (SSSR count). The van der Waals surface area contributed by atoms with Gasteiger partial charge in [0.2, 0.25) is 6.79 Å². The van der Waals surface area contributed by atoms with Crippen LogP contribution in [0.4, 0.5) is 0 Å². The van der Waals surface area contributed by atoms with E-state index in [2.05, 4.69) is 35.3 Å². The van der Waals surface area contributed by atoms with Crippen LogP contribution in [0.2, 0.25) is 0 Å². The van der Waals surface area contributed by atoms with Gasteiger partial charge < -0.3 is 14.4 Å². The summed E-state index contributed by atoms with van der Waals surface area (Å²) in [7, 11) is 0. The number of fused-ring (bicyclic) bond motifs is 3. The molecule has 0 saturated carbocycles. The summed E-state index contributed by atoms with van der Waals surface area (Å²) in [6.07, 6.45) is 11.8. The molecule has 86 valence electrons. The third-order valence-electron chi connectivity index (χ3n) is 3.58. The van der Waals surface area contributed by atoms with Gasteiger partial charge in [0.05, 0.1) is 0 Å². The van der Waals surface area contributed by atoms with Gasteiger partial charge in [0.15, 0.2) is 11.5 Å². The lowest BCUT2D eigenvalue weighted by atomic mass is 9.90. The van der Waals surface area contributed by atoms with Crippen molar-refractivity contribution >= 4 is 0 Å². The first-order chi connectivity index (χ1) is 8.42. The molecule has 0 atom stereocenters. The number of ether oxygens (including phenoxy) is 2. The Kier molecular flexibility index (Phi) is 1.78. The predicted octanol–water partition coefficient (Wildman–Crippen LogP) is 2.23. The summed E-state index contributed by atoms with van der Waals surface area (Å²) in [6.45, 7) is 2.27. The SMILES string of the molecule is C1=CCN2CC3=C4OCOC4=CCC3=CC2=C1. The van der Waals surface area contributed by atoms with Crippen molar-refractivity contribution in [1.82, 2.24) is 4.90 Å². The Hall–Kier alpha value is -1.90. The largest absolute Gasteiger partial charge is 0.454 e. The van der Waals surface area contributed by atoms with Crippen LogP contribution in [0.1, 0.15) is 6.42 Å². The minimum atomic E-state index is 0.362. The van der Waals surface area contributed by atoms with Crippen LogP contribution in [0.5, 0.6) is 0 Å². The predicted molar refractivity (Wildman–Crippen MR) is 63.6 cm³/mol. The van der Waals surface area contributed by atoms with Crippen molar-refractivity contribution < 1.29 is 9.47 Å². The van der Waals surface area contributed by atoms with Gasteiger partial charge >= 0.3 is 0 Å². The molecule has 17 heavy (non-hydrogen) atoms. The minimum absolute atomic E-state index is 0.362. The van der Waals surface area contributed by atoms with Crippen molar-refractivity contribution in [3.63, 3.8) is 0 Å². The van der Waals surface area contributed by atoms with E-state index in [1.165, 1.54) is 16.8 Å². The van der Waals surface area contributed by atoms with E-state index in [0.29, 0.717) is 6.79 Å². The highest BCUT2D eigenvalue weighted by Crippen LogP contribution is 2.38. The standard InChI is InChI=1S/C14H13NO2/c1-2-6-15-8-12-10(7-11(15)3-1)4-5-13-14(12)17-9-16-13/h1-3,5,7H,4,6,8-9H2. The summed E-state index contributed by atoms with van der Waals surface area (Å²) in [5.41, 5.74) is 3.97. The topological polar surface area (TPSA) is 21.7 Å². The van der Waals surface area contributed by atoms with Crippen molar-refractivity contribution in [2.24, 2.45) is 0 Å². The monoisotopic (exact) mass is 227 g/mol. The van der Waals surface area contributed by atoms with Gasteiger partial charge in [-0.25, -0.2) is 0 Å².